The number of benzene rings is 1. The van der Waals surface area contributed by atoms with Gasteiger partial charge in [-0.1, -0.05) is 12.1 Å². The molecule has 0 aromatic heterocycles. The molecule has 1 aromatic rings. The number of hydrogen-bond acceptors (Lipinski definition) is 1. The zero-order valence-corrected chi connectivity index (χ0v) is 8.83. The number of rotatable bonds is 2. The maximum absolute atomic E-state index is 9.49. The van der Waals surface area contributed by atoms with Gasteiger partial charge in [0.05, 0.1) is 21.1 Å². The van der Waals surface area contributed by atoms with Crippen molar-refractivity contribution >= 4 is 0 Å². The van der Waals surface area contributed by atoms with Crippen molar-refractivity contribution in [2.75, 3.05) is 21.1 Å². The number of hydrogen-bond donors (Lipinski definition) is 1. The third-order valence-electron chi connectivity index (χ3n) is 1.93. The first-order chi connectivity index (χ1) is 5.88. The van der Waals surface area contributed by atoms with Crippen LogP contribution in [0.2, 0.25) is 0 Å². The van der Waals surface area contributed by atoms with Crippen LogP contribution in [0.5, 0.6) is 5.75 Å². The fourth-order valence-electron chi connectivity index (χ4n) is 1.30. The predicted octanol–water partition coefficient (Wildman–Crippen LogP) is 1.91. The molecule has 0 saturated carbocycles. The van der Waals surface area contributed by atoms with Gasteiger partial charge in [-0.05, 0) is 18.6 Å². The van der Waals surface area contributed by atoms with Crippen LogP contribution in [0, 0.1) is 6.92 Å². The lowest BCUT2D eigenvalue weighted by molar-refractivity contribution is -0.884. The summed E-state index contributed by atoms with van der Waals surface area (Å²) in [5.41, 5.74) is 2.11. The van der Waals surface area contributed by atoms with Gasteiger partial charge >= 0.3 is 0 Å². The molecule has 0 spiro atoms. The Hall–Kier alpha value is -1.02. The van der Waals surface area contributed by atoms with E-state index in [0.29, 0.717) is 5.75 Å². The van der Waals surface area contributed by atoms with E-state index in [2.05, 4.69) is 27.2 Å². The molecule has 1 aromatic carbocycles. The standard InChI is InChI=1S/C11H17NO/c1-9-5-6-10(7-11(9)13)8-12(2,3)4/h5-7H,8H2,1-4H3/p+1. The lowest BCUT2D eigenvalue weighted by Crippen LogP contribution is -2.33. The molecule has 2 heteroatoms. The van der Waals surface area contributed by atoms with Crippen molar-refractivity contribution in [1.29, 1.82) is 0 Å². The van der Waals surface area contributed by atoms with Gasteiger partial charge in [0.1, 0.15) is 12.3 Å². The number of aromatic hydroxyl groups is 1. The maximum Gasteiger partial charge on any atom is 0.118 e. The minimum absolute atomic E-state index is 0.394. The zero-order valence-electron chi connectivity index (χ0n) is 8.83. The topological polar surface area (TPSA) is 20.2 Å². The molecule has 0 aliphatic heterocycles. The highest BCUT2D eigenvalue weighted by atomic mass is 16.3. The largest absolute Gasteiger partial charge is 0.508 e. The summed E-state index contributed by atoms with van der Waals surface area (Å²) < 4.78 is 0.877. The fourth-order valence-corrected chi connectivity index (χ4v) is 1.30. The van der Waals surface area contributed by atoms with Crippen LogP contribution in [0.4, 0.5) is 0 Å². The van der Waals surface area contributed by atoms with Crippen LogP contribution in [0.1, 0.15) is 11.1 Å². The molecule has 13 heavy (non-hydrogen) atoms. The van der Waals surface area contributed by atoms with E-state index in [-0.39, 0.29) is 0 Å². The average Bonchev–Trinajstić information content (AvgIpc) is 1.94. The summed E-state index contributed by atoms with van der Waals surface area (Å²) in [6, 6.07) is 5.87. The van der Waals surface area contributed by atoms with E-state index in [9.17, 15) is 5.11 Å². The van der Waals surface area contributed by atoms with E-state index in [1.165, 1.54) is 5.56 Å². The molecule has 0 amide bonds. The van der Waals surface area contributed by atoms with E-state index in [4.69, 9.17) is 0 Å². The molecule has 0 aliphatic rings. The number of phenols is 1. The van der Waals surface area contributed by atoms with Gasteiger partial charge in [0.2, 0.25) is 0 Å². The van der Waals surface area contributed by atoms with Gasteiger partial charge in [-0.25, -0.2) is 0 Å². The second-order valence-electron chi connectivity index (χ2n) is 4.57. The Morgan fingerprint density at radius 2 is 1.85 bits per heavy atom. The highest BCUT2D eigenvalue weighted by Gasteiger charge is 2.09. The van der Waals surface area contributed by atoms with Crippen LogP contribution in [-0.4, -0.2) is 30.7 Å². The van der Waals surface area contributed by atoms with Gasteiger partial charge in [-0.15, -0.1) is 0 Å². The van der Waals surface area contributed by atoms with Crippen molar-refractivity contribution in [3.63, 3.8) is 0 Å². The third kappa shape index (κ3) is 3.07. The normalized spacial score (nSPS) is 11.7. The van der Waals surface area contributed by atoms with Crippen molar-refractivity contribution < 1.29 is 9.59 Å². The molecular formula is C11H18NO+. The SMILES string of the molecule is Cc1ccc(C[N+](C)(C)C)cc1O. The van der Waals surface area contributed by atoms with Gasteiger partial charge in [0.25, 0.3) is 0 Å². The fraction of sp³-hybridized carbons (Fsp3) is 0.455. The van der Waals surface area contributed by atoms with Crippen molar-refractivity contribution in [2.24, 2.45) is 0 Å². The van der Waals surface area contributed by atoms with Crippen molar-refractivity contribution in [2.45, 2.75) is 13.5 Å². The molecule has 0 bridgehead atoms. The van der Waals surface area contributed by atoms with E-state index >= 15 is 0 Å². The molecule has 0 aliphatic carbocycles. The van der Waals surface area contributed by atoms with Crippen LogP contribution in [-0.2, 0) is 6.54 Å². The quantitative estimate of drug-likeness (QED) is 0.689. The van der Waals surface area contributed by atoms with E-state index in [1.54, 1.807) is 0 Å². The Labute approximate surface area is 80.0 Å². The highest BCUT2D eigenvalue weighted by Crippen LogP contribution is 2.18. The van der Waals surface area contributed by atoms with E-state index in [0.717, 1.165) is 16.6 Å². The van der Waals surface area contributed by atoms with Crippen LogP contribution in [0.3, 0.4) is 0 Å². The molecule has 0 radical (unpaired) electrons. The van der Waals surface area contributed by atoms with E-state index < -0.39 is 0 Å². The predicted molar refractivity (Wildman–Crippen MR) is 54.6 cm³/mol. The van der Waals surface area contributed by atoms with E-state index in [1.807, 2.05) is 19.1 Å². The molecule has 0 atom stereocenters. The first-order valence-corrected chi connectivity index (χ1v) is 4.47. The first-order valence-electron chi connectivity index (χ1n) is 4.47. The summed E-state index contributed by atoms with van der Waals surface area (Å²) in [6.45, 7) is 2.85. The van der Waals surface area contributed by atoms with Crippen LogP contribution in [0.15, 0.2) is 18.2 Å². The smallest absolute Gasteiger partial charge is 0.118 e. The Balaban J connectivity index is 2.86. The number of aryl methyl sites for hydroxylation is 1. The monoisotopic (exact) mass is 180 g/mol. The maximum atomic E-state index is 9.49. The second-order valence-corrected chi connectivity index (χ2v) is 4.57. The number of quaternary nitrogens is 1. The lowest BCUT2D eigenvalue weighted by atomic mass is 10.1. The minimum atomic E-state index is 0.394. The molecular weight excluding hydrogens is 162 g/mol. The molecule has 0 fully saturated rings. The Morgan fingerprint density at radius 1 is 1.23 bits per heavy atom. The molecule has 2 nitrogen and oxygen atoms in total. The van der Waals surface area contributed by atoms with Gasteiger partial charge in [-0.2, -0.15) is 0 Å². The molecule has 0 saturated heterocycles. The molecule has 0 unspecified atom stereocenters. The average molecular weight is 180 g/mol. The summed E-state index contributed by atoms with van der Waals surface area (Å²) in [6.07, 6.45) is 0. The molecule has 1 N–H and O–H groups in total. The van der Waals surface area contributed by atoms with Crippen molar-refractivity contribution in [3.8, 4) is 5.75 Å². The first kappa shape index (κ1) is 10.1. The number of phenolic OH excluding ortho intramolecular Hbond substituents is 1. The molecule has 1 rings (SSSR count). The van der Waals surface area contributed by atoms with Gasteiger partial charge in [-0.3, -0.25) is 0 Å². The van der Waals surface area contributed by atoms with Crippen LogP contribution in [0.25, 0.3) is 0 Å². The minimum Gasteiger partial charge on any atom is -0.508 e. The van der Waals surface area contributed by atoms with Gasteiger partial charge in [0, 0.05) is 5.56 Å². The highest BCUT2D eigenvalue weighted by molar-refractivity contribution is 5.34. The molecule has 0 heterocycles. The van der Waals surface area contributed by atoms with Crippen molar-refractivity contribution in [3.05, 3.63) is 29.3 Å². The summed E-state index contributed by atoms with van der Waals surface area (Å²) >= 11 is 0. The van der Waals surface area contributed by atoms with Crippen LogP contribution < -0.4 is 0 Å². The van der Waals surface area contributed by atoms with Gasteiger partial charge < -0.3 is 9.59 Å². The molecule has 72 valence electrons. The Morgan fingerprint density at radius 3 is 2.31 bits per heavy atom. The number of nitrogens with zero attached hydrogens (tertiary/aromatic N) is 1. The lowest BCUT2D eigenvalue weighted by Gasteiger charge is -2.24. The summed E-state index contributed by atoms with van der Waals surface area (Å²) in [5.74, 6) is 0.394. The Kier molecular flexibility index (Phi) is 2.62. The third-order valence-corrected chi connectivity index (χ3v) is 1.93. The zero-order chi connectivity index (χ0) is 10.1. The van der Waals surface area contributed by atoms with Crippen LogP contribution >= 0.6 is 0 Å². The van der Waals surface area contributed by atoms with Crippen molar-refractivity contribution in [1.82, 2.24) is 0 Å². The summed E-state index contributed by atoms with van der Waals surface area (Å²) in [4.78, 5) is 0. The van der Waals surface area contributed by atoms with Gasteiger partial charge in [0.15, 0.2) is 0 Å². The Bertz CT molecular complexity index is 299. The second kappa shape index (κ2) is 3.38. The summed E-state index contributed by atoms with van der Waals surface area (Å²) in [5, 5.41) is 9.49. The summed E-state index contributed by atoms with van der Waals surface area (Å²) in [7, 11) is 6.41.